The van der Waals surface area contributed by atoms with E-state index in [0.29, 0.717) is 18.7 Å². The number of carbonyl (C=O) groups excluding carboxylic acids is 1. The van der Waals surface area contributed by atoms with Gasteiger partial charge in [0.25, 0.3) is 5.91 Å². The molecular weight excluding hydrogens is 388 g/mol. The Morgan fingerprint density at radius 1 is 1.00 bits per heavy atom. The van der Waals surface area contributed by atoms with Gasteiger partial charge in [-0.05, 0) is 49.2 Å². The number of ether oxygens (including phenoxy) is 1. The van der Waals surface area contributed by atoms with Crippen LogP contribution in [0.3, 0.4) is 0 Å². The maximum absolute atomic E-state index is 12.7. The molecule has 0 aliphatic heterocycles. The minimum Gasteiger partial charge on any atom is -0.494 e. The molecule has 0 unspecified atom stereocenters. The number of hydrogen-bond acceptors (Lipinski definition) is 4. The van der Waals surface area contributed by atoms with Gasteiger partial charge in [0.2, 0.25) is 0 Å². The van der Waals surface area contributed by atoms with Gasteiger partial charge < -0.3 is 14.2 Å². The molecule has 0 fully saturated rings. The Bertz CT molecular complexity index is 1130. The van der Waals surface area contributed by atoms with Crippen molar-refractivity contribution in [3.63, 3.8) is 0 Å². The van der Waals surface area contributed by atoms with Gasteiger partial charge in [-0.25, -0.2) is 4.98 Å². The second kappa shape index (κ2) is 9.89. The Kier molecular flexibility index (Phi) is 6.57. The van der Waals surface area contributed by atoms with Gasteiger partial charge in [-0.1, -0.05) is 30.3 Å². The van der Waals surface area contributed by atoms with Crippen LogP contribution in [0.15, 0.2) is 79.1 Å². The first kappa shape index (κ1) is 20.6. The van der Waals surface area contributed by atoms with Crippen molar-refractivity contribution >= 4 is 16.9 Å². The first-order chi connectivity index (χ1) is 15.2. The smallest absolute Gasteiger partial charge is 0.255 e. The molecule has 158 valence electrons. The molecule has 6 nitrogen and oxygen atoms in total. The van der Waals surface area contributed by atoms with Crippen molar-refractivity contribution in [3.8, 4) is 5.75 Å². The fourth-order valence-corrected chi connectivity index (χ4v) is 3.57. The summed E-state index contributed by atoms with van der Waals surface area (Å²) in [5, 5.41) is 0. The quantitative estimate of drug-likeness (QED) is 0.377. The monoisotopic (exact) mass is 414 g/mol. The van der Waals surface area contributed by atoms with Gasteiger partial charge >= 0.3 is 0 Å². The third-order valence-electron chi connectivity index (χ3n) is 5.16. The Morgan fingerprint density at radius 2 is 1.81 bits per heavy atom. The van der Waals surface area contributed by atoms with Crippen LogP contribution in [-0.2, 0) is 13.1 Å². The van der Waals surface area contributed by atoms with Crippen molar-refractivity contribution in [2.75, 3.05) is 13.7 Å². The average molecular weight is 415 g/mol. The number of para-hydroxylation sites is 3. The number of aromatic nitrogens is 3. The summed E-state index contributed by atoms with van der Waals surface area (Å²) in [6.07, 6.45) is 5.15. The molecule has 0 bridgehead atoms. The summed E-state index contributed by atoms with van der Waals surface area (Å²) in [4.78, 5) is 23.3. The topological polar surface area (TPSA) is 60.2 Å². The molecule has 4 aromatic rings. The molecule has 2 aromatic carbocycles. The first-order valence-electron chi connectivity index (χ1n) is 10.5. The number of hydrogen-bond donors (Lipinski definition) is 0. The zero-order valence-corrected chi connectivity index (χ0v) is 17.6. The minimum absolute atomic E-state index is 0.0667. The van der Waals surface area contributed by atoms with Gasteiger partial charge in [-0.15, -0.1) is 0 Å². The van der Waals surface area contributed by atoms with Crippen LogP contribution in [0.2, 0.25) is 0 Å². The lowest BCUT2D eigenvalue weighted by molar-refractivity contribution is 0.0779. The van der Waals surface area contributed by atoms with E-state index in [-0.39, 0.29) is 5.91 Å². The van der Waals surface area contributed by atoms with E-state index in [9.17, 15) is 4.79 Å². The fourth-order valence-electron chi connectivity index (χ4n) is 3.57. The summed E-state index contributed by atoms with van der Waals surface area (Å²) in [6.45, 7) is 1.93. The number of carbonyl (C=O) groups is 1. The molecule has 4 rings (SSSR count). The standard InChI is InChI=1S/C25H26N4O2/c1-28(25(30)20-10-9-15-26-18-20)19-24-27-22-13-5-6-14-23(22)29(24)16-7-8-17-31-21-11-3-2-4-12-21/h2-6,9-15,18H,7-8,16-17,19H2,1H3. The number of aryl methyl sites for hydroxylation is 1. The van der Waals surface area contributed by atoms with Crippen LogP contribution in [0.1, 0.15) is 29.0 Å². The summed E-state index contributed by atoms with van der Waals surface area (Å²) in [6, 6.07) is 21.5. The number of benzene rings is 2. The molecule has 2 heterocycles. The Labute approximate surface area is 182 Å². The van der Waals surface area contributed by atoms with Crippen molar-refractivity contribution in [3.05, 3.63) is 90.5 Å². The van der Waals surface area contributed by atoms with Crippen LogP contribution in [0.4, 0.5) is 0 Å². The zero-order chi connectivity index (χ0) is 21.5. The molecule has 0 saturated carbocycles. The normalized spacial score (nSPS) is 10.9. The van der Waals surface area contributed by atoms with E-state index < -0.39 is 0 Å². The molecule has 0 radical (unpaired) electrons. The van der Waals surface area contributed by atoms with E-state index in [1.165, 1.54) is 0 Å². The van der Waals surface area contributed by atoms with Crippen LogP contribution in [0, 0.1) is 0 Å². The van der Waals surface area contributed by atoms with Crippen molar-refractivity contribution in [1.82, 2.24) is 19.4 Å². The van der Waals surface area contributed by atoms with E-state index in [4.69, 9.17) is 9.72 Å². The molecule has 0 saturated heterocycles. The minimum atomic E-state index is -0.0667. The van der Waals surface area contributed by atoms with Crippen molar-refractivity contribution in [2.45, 2.75) is 25.9 Å². The molecular formula is C25H26N4O2. The Morgan fingerprint density at radius 3 is 2.61 bits per heavy atom. The van der Waals surface area contributed by atoms with Gasteiger partial charge in [0.15, 0.2) is 0 Å². The number of rotatable bonds is 9. The molecule has 6 heteroatoms. The summed E-state index contributed by atoms with van der Waals surface area (Å²) in [7, 11) is 1.80. The van der Waals surface area contributed by atoms with Crippen LogP contribution >= 0.6 is 0 Å². The molecule has 0 spiro atoms. The maximum Gasteiger partial charge on any atom is 0.255 e. The van der Waals surface area contributed by atoms with E-state index in [0.717, 1.165) is 42.0 Å². The van der Waals surface area contributed by atoms with E-state index >= 15 is 0 Å². The summed E-state index contributed by atoms with van der Waals surface area (Å²) in [5.74, 6) is 1.71. The van der Waals surface area contributed by atoms with Gasteiger partial charge in [0, 0.05) is 26.0 Å². The summed E-state index contributed by atoms with van der Waals surface area (Å²) < 4.78 is 8.02. The van der Waals surface area contributed by atoms with E-state index in [2.05, 4.69) is 15.6 Å². The number of nitrogens with zero attached hydrogens (tertiary/aromatic N) is 4. The number of amides is 1. The predicted octanol–water partition coefficient (Wildman–Crippen LogP) is 4.56. The second-order valence-corrected chi connectivity index (χ2v) is 7.44. The van der Waals surface area contributed by atoms with E-state index in [1.807, 2.05) is 48.5 Å². The van der Waals surface area contributed by atoms with Crippen molar-refractivity contribution in [2.24, 2.45) is 0 Å². The largest absolute Gasteiger partial charge is 0.494 e. The molecule has 0 atom stereocenters. The molecule has 0 aliphatic carbocycles. The highest BCUT2D eigenvalue weighted by molar-refractivity contribution is 5.93. The molecule has 31 heavy (non-hydrogen) atoms. The van der Waals surface area contributed by atoms with Crippen molar-refractivity contribution in [1.29, 1.82) is 0 Å². The predicted molar refractivity (Wildman–Crippen MR) is 121 cm³/mol. The van der Waals surface area contributed by atoms with Crippen LogP contribution in [-0.4, -0.2) is 39.0 Å². The van der Waals surface area contributed by atoms with E-state index in [1.54, 1.807) is 36.5 Å². The highest BCUT2D eigenvalue weighted by Crippen LogP contribution is 2.19. The second-order valence-electron chi connectivity index (χ2n) is 7.44. The van der Waals surface area contributed by atoms with Crippen LogP contribution in [0.25, 0.3) is 11.0 Å². The van der Waals surface area contributed by atoms with Gasteiger partial charge in [-0.3, -0.25) is 9.78 Å². The zero-order valence-electron chi connectivity index (χ0n) is 17.6. The third-order valence-corrected chi connectivity index (χ3v) is 5.16. The number of unbranched alkanes of at least 4 members (excludes halogenated alkanes) is 1. The highest BCUT2D eigenvalue weighted by Gasteiger charge is 2.17. The van der Waals surface area contributed by atoms with Crippen molar-refractivity contribution < 1.29 is 9.53 Å². The van der Waals surface area contributed by atoms with Gasteiger partial charge in [0.1, 0.15) is 11.6 Å². The lowest BCUT2D eigenvalue weighted by Gasteiger charge is -2.18. The number of fused-ring (bicyclic) bond motifs is 1. The molecule has 0 aliphatic rings. The Hall–Kier alpha value is -3.67. The Balaban J connectivity index is 1.42. The lowest BCUT2D eigenvalue weighted by Crippen LogP contribution is -2.28. The first-order valence-corrected chi connectivity index (χ1v) is 10.5. The summed E-state index contributed by atoms with van der Waals surface area (Å²) in [5.41, 5.74) is 2.61. The number of imidazole rings is 1. The fraction of sp³-hybridized carbons (Fsp3) is 0.240. The third kappa shape index (κ3) is 5.09. The number of pyridine rings is 1. The average Bonchev–Trinajstić information content (AvgIpc) is 3.16. The SMILES string of the molecule is CN(Cc1nc2ccccc2n1CCCCOc1ccccc1)C(=O)c1cccnc1. The maximum atomic E-state index is 12.7. The van der Waals surface area contributed by atoms with Gasteiger partial charge in [-0.2, -0.15) is 0 Å². The summed E-state index contributed by atoms with van der Waals surface area (Å²) >= 11 is 0. The van der Waals surface area contributed by atoms with Gasteiger partial charge in [0.05, 0.1) is 29.7 Å². The lowest BCUT2D eigenvalue weighted by atomic mass is 10.2. The highest BCUT2D eigenvalue weighted by atomic mass is 16.5. The van der Waals surface area contributed by atoms with Crippen LogP contribution in [0.5, 0.6) is 5.75 Å². The molecule has 2 aromatic heterocycles. The van der Waals surface area contributed by atoms with Crippen LogP contribution < -0.4 is 4.74 Å². The molecule has 1 amide bonds. The molecule has 0 N–H and O–H groups in total.